The Labute approximate surface area is 822 Å². The maximum atomic E-state index is 12.1. The highest BCUT2D eigenvalue weighted by Crippen LogP contribution is 2.42. The van der Waals surface area contributed by atoms with E-state index in [4.69, 9.17) is 65.5 Å². The minimum atomic E-state index is -0.501. The summed E-state index contributed by atoms with van der Waals surface area (Å²) >= 11 is 25.6. The Morgan fingerprint density at radius 3 is 1.59 bits per heavy atom. The van der Waals surface area contributed by atoms with Crippen LogP contribution in [0.5, 0.6) is 23.0 Å². The van der Waals surface area contributed by atoms with Crippen molar-refractivity contribution in [2.24, 2.45) is 21.6 Å². The van der Waals surface area contributed by atoms with Gasteiger partial charge in [0.05, 0.1) is 40.7 Å². The molecule has 1 amide bonds. The predicted octanol–water partition coefficient (Wildman–Crippen LogP) is 28.6. The number of nitrogens with one attached hydrogen (secondary N) is 2. The van der Waals surface area contributed by atoms with Crippen LogP contribution in [0.15, 0.2) is 168 Å². The number of nitriles is 1. The first-order valence-electron chi connectivity index (χ1n) is 45.9. The van der Waals surface area contributed by atoms with E-state index in [-0.39, 0.29) is 64.0 Å². The number of anilines is 3. The van der Waals surface area contributed by atoms with E-state index in [9.17, 15) is 39.3 Å². The third kappa shape index (κ3) is 34.3. The Morgan fingerprint density at radius 2 is 1.10 bits per heavy atom. The Kier molecular flexibility index (Phi) is 45.6. The lowest BCUT2D eigenvalue weighted by Crippen LogP contribution is -2.21. The number of benzene rings is 9. The third-order valence-corrected chi connectivity index (χ3v) is 22.5. The van der Waals surface area contributed by atoms with Crippen LogP contribution in [0.4, 0.5) is 28.6 Å². The first-order chi connectivity index (χ1) is 64.9. The first kappa shape index (κ1) is 112. The van der Waals surface area contributed by atoms with Crippen molar-refractivity contribution in [2.75, 3.05) is 48.6 Å². The number of ether oxygens (including phenoxy) is 2. The highest BCUT2D eigenvalue weighted by Gasteiger charge is 2.30. The van der Waals surface area contributed by atoms with Crippen LogP contribution in [0.25, 0.3) is 55.8 Å². The number of carbonyl (C=O) groups is 2. The number of aryl methyl sites for hydroxylation is 6. The SMILES string of the molecule is CC.CC(COP=O)CC(C)(C)C.CCCCC(CC)OCNc1cc(Cl)c(-n2nc(C(C)(C)C)c(C#N)c2N=Nc2ccc(N(CC)CC)cc2NC(C)=O)c(Cl)c1.CCCCCCCCOC(=O)CCc1cc(C)c(O)c(-n2nc3ccc(Cl)cc3n2)c1.Cc1cc(C)c(O)c(-n2nc3ccc(Cl)cc3n2)c1.Cc1cc(C)c(O)c(-n2nc3ccccc3n2)c1.O=POc1ccccc1. The maximum absolute atomic E-state index is 12.1. The molecule has 4 heterocycles. The second-order valence-electron chi connectivity index (χ2n) is 34.6. The maximum Gasteiger partial charge on any atom is 0.395 e. The molecule has 13 rings (SSSR count). The van der Waals surface area contributed by atoms with Gasteiger partial charge in [-0.2, -0.15) is 10.4 Å². The van der Waals surface area contributed by atoms with Gasteiger partial charge in [-0.15, -0.1) is 55.2 Å². The molecule has 28 nitrogen and oxygen atoms in total. The molecule has 0 aliphatic carbocycles. The standard InChI is InChI=1S/C34H46Cl2N8O2.C24H30ClN3O3.C14H12ClN3O.C14H13N3O.C8H17O2P.C6H5O2P.C2H6/c1-9-13-14-25(10-2)46-21-38-23-17-27(35)31(28(36)18-23)44-33(26(20-37)32(42-44)34(6,7)8)41-40-29-16-15-24(43(11-3)12-4)19-30(29)39-22(5)45;1-3-4-5-6-7-8-13-31-23(29)12-9-18-14-17(2)24(30)22(15-18)28-26-20-11-10-19(25)16-21(20)27-28;1-8-5-9(2)14(19)13(6-8)18-16-11-4-3-10(15)7-12(11)17-18;1-9-7-10(2)14(18)13(8-9)17-15-11-5-3-4-6-12(11)16-17;1-7(6-10-11-9)5-8(2,3)4;7-9-8-6-4-2-1-3-5-6;1-2/h15-19,25,38H,9-14,21H2,1-8H3,(H,39,45);10-11,14-16,30H,3-9,12-13H2,1-2H3;3-7,19H,1-2H3;3-8,18H,1-2H3;7H,5-6H2,1-4H3;1-5H;1-2H3. The Balaban J connectivity index is 0.000000240. The molecule has 5 N–H and O–H groups in total. The number of hydrogen-bond acceptors (Lipinski definition) is 23. The summed E-state index contributed by atoms with van der Waals surface area (Å²) < 4.78 is 42.0. The van der Waals surface area contributed by atoms with Crippen LogP contribution in [0, 0.1) is 57.3 Å². The first-order valence-corrected chi connectivity index (χ1v) is 48.8. The number of aromatic hydroxyl groups is 3. The van der Waals surface area contributed by atoms with Crippen molar-refractivity contribution >= 4 is 137 Å². The lowest BCUT2D eigenvalue weighted by Gasteiger charge is -2.22. The zero-order chi connectivity index (χ0) is 99.9. The topological polar surface area (TPSA) is 352 Å². The molecule has 0 saturated carbocycles. The summed E-state index contributed by atoms with van der Waals surface area (Å²) in [5.41, 5.74) is 14.9. The number of unbranched alkanes of at least 4 members (excludes halogenated alkanes) is 6. The van der Waals surface area contributed by atoms with Gasteiger partial charge in [-0.3, -0.25) is 14.1 Å². The zero-order valence-corrected chi connectivity index (χ0v) is 86.4. The fourth-order valence-electron chi connectivity index (χ4n) is 14.5. The summed E-state index contributed by atoms with van der Waals surface area (Å²) in [5.74, 6) is 1.36. The number of carbonyl (C=O) groups excluding carboxylic acids is 2. The number of amides is 1. The van der Waals surface area contributed by atoms with Gasteiger partial charge in [0.2, 0.25) is 5.91 Å². The molecule has 13 aromatic rings. The molecular weight excluding hydrogens is 1840 g/mol. The quantitative estimate of drug-likeness (QED) is 0.00822. The molecule has 2 atom stereocenters. The fraction of sp³-hybridized carbons (Fsp3) is 0.412. The van der Waals surface area contributed by atoms with Gasteiger partial charge in [0, 0.05) is 53.3 Å². The van der Waals surface area contributed by atoms with Gasteiger partial charge in [-0.1, -0.05) is 223 Å². The van der Waals surface area contributed by atoms with Crippen LogP contribution in [0.1, 0.15) is 226 Å². The van der Waals surface area contributed by atoms with Gasteiger partial charge >= 0.3 is 23.3 Å². The van der Waals surface area contributed by atoms with Gasteiger partial charge in [0.15, 0.2) is 5.82 Å². The highest BCUT2D eigenvalue weighted by molar-refractivity contribution is 7.17. The number of azo groups is 1. The third-order valence-electron chi connectivity index (χ3n) is 21.0. The Morgan fingerprint density at radius 1 is 0.588 bits per heavy atom. The number of esters is 1. The molecule has 0 saturated heterocycles. The van der Waals surface area contributed by atoms with E-state index in [1.165, 1.54) is 51.7 Å². The number of fused-ring (bicyclic) bond motifs is 3. The van der Waals surface area contributed by atoms with Crippen molar-refractivity contribution in [2.45, 2.75) is 233 Å². The molecule has 34 heteroatoms. The number of phenolic OH excluding ortho intramolecular Hbond substituents is 3. The average Bonchev–Trinajstić information content (AvgIpc) is 1.60. The van der Waals surface area contributed by atoms with E-state index in [0.717, 1.165) is 108 Å². The van der Waals surface area contributed by atoms with Crippen LogP contribution >= 0.6 is 63.8 Å². The van der Waals surface area contributed by atoms with Crippen LogP contribution in [0.2, 0.25) is 20.1 Å². The summed E-state index contributed by atoms with van der Waals surface area (Å²) in [6, 6.07) is 49.8. The lowest BCUT2D eigenvalue weighted by molar-refractivity contribution is -0.143. The second-order valence-corrected chi connectivity index (χ2v) is 37.1. The van der Waals surface area contributed by atoms with Crippen molar-refractivity contribution < 1.29 is 52.6 Å². The van der Waals surface area contributed by atoms with Crippen molar-refractivity contribution in [1.29, 1.82) is 5.26 Å². The van der Waals surface area contributed by atoms with Gasteiger partial charge in [0.25, 0.3) is 0 Å². The van der Waals surface area contributed by atoms with Crippen LogP contribution < -0.4 is 20.1 Å². The smallest absolute Gasteiger partial charge is 0.395 e. The van der Waals surface area contributed by atoms with E-state index < -0.39 is 5.41 Å². The molecule has 2 unspecified atom stereocenters. The Hall–Kier alpha value is -11.5. The normalized spacial score (nSPS) is 11.6. The molecule has 9 aromatic carbocycles. The zero-order valence-electron chi connectivity index (χ0n) is 81.6. The molecule has 0 aliphatic rings. The average molecular weight is 1970 g/mol. The number of phenols is 3. The molecular formula is C102H129Cl4N17O11P2. The summed E-state index contributed by atoms with van der Waals surface area (Å²) in [4.78, 5) is 30.7. The highest BCUT2D eigenvalue weighted by atomic mass is 35.5. The minimum absolute atomic E-state index is 0.112. The van der Waals surface area contributed by atoms with Gasteiger partial charge in [-0.05, 0) is 234 Å². The molecule has 4 aromatic heterocycles. The number of aromatic nitrogens is 11. The van der Waals surface area contributed by atoms with E-state index in [1.54, 1.807) is 66.7 Å². The number of nitrogens with zero attached hydrogens (tertiary/aromatic N) is 15. The minimum Gasteiger partial charge on any atom is -0.505 e. The van der Waals surface area contributed by atoms with E-state index in [1.807, 2.05) is 160 Å². The second kappa shape index (κ2) is 55.6. The van der Waals surface area contributed by atoms with Crippen molar-refractivity contribution in [1.82, 2.24) is 54.8 Å². The number of rotatable bonds is 34. The van der Waals surface area contributed by atoms with Crippen LogP contribution in [0.3, 0.4) is 0 Å². The molecule has 0 bridgehead atoms. The Bertz CT molecular complexity index is 6090. The van der Waals surface area contributed by atoms with E-state index in [2.05, 4.69) is 129 Å². The molecule has 0 radical (unpaired) electrons. The molecule has 0 aliphatic heterocycles. The summed E-state index contributed by atoms with van der Waals surface area (Å²) in [7, 11) is -0.509. The van der Waals surface area contributed by atoms with Crippen molar-refractivity contribution in [3.63, 3.8) is 0 Å². The molecule has 0 spiro atoms. The molecule has 0 fully saturated rings. The fourth-order valence-corrected chi connectivity index (χ4v) is 16.0. The van der Waals surface area contributed by atoms with Gasteiger partial charge in [-0.25, -0.2) is 13.8 Å². The van der Waals surface area contributed by atoms with E-state index in [0.29, 0.717) is 138 Å². The molecule has 726 valence electrons. The largest absolute Gasteiger partial charge is 0.505 e. The number of hydrogen-bond donors (Lipinski definition) is 5. The summed E-state index contributed by atoms with van der Waals surface area (Å²) in [5, 5.41) is 89.1. The van der Waals surface area contributed by atoms with Crippen molar-refractivity contribution in [3.8, 4) is 51.8 Å². The summed E-state index contributed by atoms with van der Waals surface area (Å²) in [6.07, 6.45) is 13.2. The van der Waals surface area contributed by atoms with Gasteiger partial charge < -0.3 is 44.9 Å². The van der Waals surface area contributed by atoms with Crippen LogP contribution in [-0.2, 0) is 44.6 Å². The summed E-state index contributed by atoms with van der Waals surface area (Å²) in [6.45, 7) is 43.1. The number of para-hydroxylation sites is 1. The monoisotopic (exact) mass is 1970 g/mol. The molecule has 136 heavy (non-hydrogen) atoms. The lowest BCUT2D eigenvalue weighted by atomic mass is 9.86. The van der Waals surface area contributed by atoms with E-state index >= 15 is 0 Å². The van der Waals surface area contributed by atoms with Gasteiger partial charge in [0.1, 0.15) is 103 Å². The van der Waals surface area contributed by atoms with Crippen LogP contribution in [-0.4, -0.2) is 121 Å². The van der Waals surface area contributed by atoms with Crippen molar-refractivity contribution in [3.05, 3.63) is 222 Å². The predicted molar refractivity (Wildman–Crippen MR) is 549 cm³/mol. The number of halogens is 4.